The van der Waals surface area contributed by atoms with Crippen molar-refractivity contribution in [2.24, 2.45) is 0 Å². The zero-order valence-corrected chi connectivity index (χ0v) is 12.0. The minimum absolute atomic E-state index is 0.0950. The Morgan fingerprint density at radius 1 is 1.15 bits per heavy atom. The molecule has 3 rings (SSSR count). The van der Waals surface area contributed by atoms with Crippen LogP contribution in [0, 0.1) is 0 Å². The summed E-state index contributed by atoms with van der Waals surface area (Å²) in [7, 11) is -3.87. The maximum atomic E-state index is 12.4. The predicted octanol–water partition coefficient (Wildman–Crippen LogP) is 3.23. The molecule has 0 saturated heterocycles. The lowest BCUT2D eigenvalue weighted by Crippen LogP contribution is -2.39. The molecule has 0 aliphatic carbocycles. The van der Waals surface area contributed by atoms with E-state index in [1.54, 1.807) is 44.2 Å². The Bertz CT molecular complexity index is 808. The van der Waals surface area contributed by atoms with Gasteiger partial charge in [-0.05, 0) is 24.5 Å². The molecule has 0 aromatic heterocycles. The minimum Gasteiger partial charge on any atom is -0.456 e. The summed E-state index contributed by atoms with van der Waals surface area (Å²) in [5.74, 6) is -0.987. The molecule has 1 aliphatic rings. The average Bonchev–Trinajstić information content (AvgIpc) is 2.36. The quantitative estimate of drug-likeness (QED) is 0.597. The molecule has 104 valence electrons. The third kappa shape index (κ3) is 1.99. The molecule has 0 amide bonds. The number of ether oxygens (including phenoxy) is 1. The van der Waals surface area contributed by atoms with Crippen molar-refractivity contribution in [1.29, 1.82) is 0 Å². The van der Waals surface area contributed by atoms with Crippen molar-refractivity contribution in [1.82, 2.24) is 0 Å². The zero-order chi connectivity index (χ0) is 14.4. The standard InChI is InChI=1S/C15H14O4S/c1-3-10-15(2)18-13-9-8-11-6-4-5-7-12(11)14(13)20(16,17)19-15/h3-10H,1-2H3/b10-3-. The van der Waals surface area contributed by atoms with Gasteiger partial charge in [-0.25, -0.2) is 4.18 Å². The van der Waals surface area contributed by atoms with E-state index in [0.717, 1.165) is 5.39 Å². The molecule has 0 bridgehead atoms. The number of allylic oxidation sites excluding steroid dienone is 1. The highest BCUT2D eigenvalue weighted by molar-refractivity contribution is 7.87. The average molecular weight is 290 g/mol. The Morgan fingerprint density at radius 3 is 2.65 bits per heavy atom. The summed E-state index contributed by atoms with van der Waals surface area (Å²) in [5, 5.41) is 1.43. The van der Waals surface area contributed by atoms with E-state index in [4.69, 9.17) is 8.92 Å². The lowest BCUT2D eigenvalue weighted by atomic mass is 10.1. The molecule has 5 heteroatoms. The SMILES string of the molecule is C/C=C\C1(C)Oc2ccc3ccccc3c2S(=O)(=O)O1. The molecule has 0 radical (unpaired) electrons. The van der Waals surface area contributed by atoms with Gasteiger partial charge in [0.1, 0.15) is 10.6 Å². The number of fused-ring (bicyclic) bond motifs is 3. The topological polar surface area (TPSA) is 52.6 Å². The van der Waals surface area contributed by atoms with Gasteiger partial charge in [0, 0.05) is 12.3 Å². The fraction of sp³-hybridized carbons (Fsp3) is 0.200. The molecule has 1 heterocycles. The van der Waals surface area contributed by atoms with Crippen LogP contribution in [-0.2, 0) is 14.3 Å². The highest BCUT2D eigenvalue weighted by Crippen LogP contribution is 2.41. The molecule has 0 spiro atoms. The molecule has 0 N–H and O–H groups in total. The Kier molecular flexibility index (Phi) is 2.84. The van der Waals surface area contributed by atoms with Gasteiger partial charge in [0.15, 0.2) is 0 Å². The first-order chi connectivity index (χ1) is 9.45. The monoisotopic (exact) mass is 290 g/mol. The fourth-order valence-corrected chi connectivity index (χ4v) is 3.84. The molecule has 0 fully saturated rings. The second-order valence-electron chi connectivity index (χ2n) is 4.77. The van der Waals surface area contributed by atoms with Gasteiger partial charge in [0.2, 0.25) is 5.79 Å². The summed E-state index contributed by atoms with van der Waals surface area (Å²) in [6.07, 6.45) is 3.27. The molecule has 2 aromatic carbocycles. The summed E-state index contributed by atoms with van der Waals surface area (Å²) >= 11 is 0. The van der Waals surface area contributed by atoms with Crippen LogP contribution in [0.2, 0.25) is 0 Å². The van der Waals surface area contributed by atoms with Crippen LogP contribution in [0.3, 0.4) is 0 Å². The summed E-state index contributed by atoms with van der Waals surface area (Å²) in [5.41, 5.74) is 0. The fourth-order valence-electron chi connectivity index (χ4n) is 2.42. The number of hydrogen-bond acceptors (Lipinski definition) is 4. The van der Waals surface area contributed by atoms with E-state index < -0.39 is 15.9 Å². The van der Waals surface area contributed by atoms with Crippen molar-refractivity contribution in [2.75, 3.05) is 0 Å². The van der Waals surface area contributed by atoms with Gasteiger partial charge in [-0.1, -0.05) is 36.4 Å². The van der Waals surface area contributed by atoms with Crippen molar-refractivity contribution < 1.29 is 17.3 Å². The van der Waals surface area contributed by atoms with Gasteiger partial charge in [-0.15, -0.1) is 0 Å². The molecule has 20 heavy (non-hydrogen) atoms. The first-order valence-electron chi connectivity index (χ1n) is 6.25. The van der Waals surface area contributed by atoms with Crippen LogP contribution in [0.4, 0.5) is 0 Å². The van der Waals surface area contributed by atoms with Gasteiger partial charge in [0.05, 0.1) is 0 Å². The van der Waals surface area contributed by atoms with Crippen molar-refractivity contribution in [3.63, 3.8) is 0 Å². The molecule has 4 nitrogen and oxygen atoms in total. The Hall–Kier alpha value is -1.85. The van der Waals surface area contributed by atoms with E-state index in [-0.39, 0.29) is 4.90 Å². The van der Waals surface area contributed by atoms with Crippen LogP contribution in [0.15, 0.2) is 53.4 Å². The van der Waals surface area contributed by atoms with Crippen LogP contribution < -0.4 is 4.74 Å². The third-order valence-electron chi connectivity index (χ3n) is 3.15. The Morgan fingerprint density at radius 2 is 1.90 bits per heavy atom. The normalized spacial score (nSPS) is 24.5. The van der Waals surface area contributed by atoms with Gasteiger partial charge in [0.25, 0.3) is 0 Å². The van der Waals surface area contributed by atoms with Crippen LogP contribution in [0.5, 0.6) is 5.75 Å². The molecular formula is C15H14O4S. The van der Waals surface area contributed by atoms with Crippen LogP contribution >= 0.6 is 0 Å². The van der Waals surface area contributed by atoms with E-state index in [1.807, 2.05) is 18.2 Å². The van der Waals surface area contributed by atoms with E-state index in [2.05, 4.69) is 0 Å². The highest BCUT2D eigenvalue weighted by Gasteiger charge is 2.40. The van der Waals surface area contributed by atoms with Gasteiger partial charge in [-0.3, -0.25) is 0 Å². The maximum absolute atomic E-state index is 12.4. The molecular weight excluding hydrogens is 276 g/mol. The van der Waals surface area contributed by atoms with Crippen LogP contribution in [0.25, 0.3) is 10.8 Å². The number of hydrogen-bond donors (Lipinski definition) is 0. The van der Waals surface area contributed by atoms with Gasteiger partial charge in [-0.2, -0.15) is 8.42 Å². The van der Waals surface area contributed by atoms with Gasteiger partial charge >= 0.3 is 10.1 Å². The molecule has 0 saturated carbocycles. The Labute approximate surface area is 117 Å². The second-order valence-corrected chi connectivity index (χ2v) is 6.25. The van der Waals surface area contributed by atoms with Crippen molar-refractivity contribution in [2.45, 2.75) is 24.5 Å². The lowest BCUT2D eigenvalue weighted by Gasteiger charge is -2.32. The van der Waals surface area contributed by atoms with E-state index in [1.165, 1.54) is 0 Å². The maximum Gasteiger partial charge on any atom is 0.305 e. The molecule has 2 aromatic rings. The highest BCUT2D eigenvalue weighted by atomic mass is 32.2. The zero-order valence-electron chi connectivity index (χ0n) is 11.2. The largest absolute Gasteiger partial charge is 0.456 e. The number of benzene rings is 2. The summed E-state index contributed by atoms with van der Waals surface area (Å²) in [4.78, 5) is 0.0950. The first kappa shape index (κ1) is 13.1. The lowest BCUT2D eigenvalue weighted by molar-refractivity contribution is -0.0602. The third-order valence-corrected chi connectivity index (χ3v) is 4.62. The Balaban J connectivity index is 2.32. The molecule has 1 aliphatic heterocycles. The van der Waals surface area contributed by atoms with Crippen molar-refractivity contribution in [3.05, 3.63) is 48.6 Å². The van der Waals surface area contributed by atoms with E-state index >= 15 is 0 Å². The van der Waals surface area contributed by atoms with E-state index in [0.29, 0.717) is 11.1 Å². The summed E-state index contributed by atoms with van der Waals surface area (Å²) < 4.78 is 35.8. The summed E-state index contributed by atoms with van der Waals surface area (Å²) in [6.45, 7) is 3.35. The van der Waals surface area contributed by atoms with Crippen molar-refractivity contribution in [3.8, 4) is 5.75 Å². The minimum atomic E-state index is -3.87. The smallest absolute Gasteiger partial charge is 0.305 e. The van der Waals surface area contributed by atoms with Crippen LogP contribution in [-0.4, -0.2) is 14.2 Å². The van der Waals surface area contributed by atoms with Crippen molar-refractivity contribution >= 4 is 20.9 Å². The molecule has 1 atom stereocenters. The van der Waals surface area contributed by atoms with Gasteiger partial charge < -0.3 is 4.74 Å². The second kappa shape index (κ2) is 4.33. The van der Waals surface area contributed by atoms with Crippen LogP contribution in [0.1, 0.15) is 13.8 Å². The molecule has 1 unspecified atom stereocenters. The predicted molar refractivity (Wildman–Crippen MR) is 76.1 cm³/mol. The van der Waals surface area contributed by atoms with E-state index in [9.17, 15) is 8.42 Å². The summed E-state index contributed by atoms with van der Waals surface area (Å²) in [6, 6.07) is 10.7. The number of rotatable bonds is 1. The first-order valence-corrected chi connectivity index (χ1v) is 7.66.